The summed E-state index contributed by atoms with van der Waals surface area (Å²) >= 11 is 0. The summed E-state index contributed by atoms with van der Waals surface area (Å²) in [4.78, 5) is 38.3. The van der Waals surface area contributed by atoms with Crippen LogP contribution < -0.4 is 0 Å². The molecule has 0 aromatic heterocycles. The summed E-state index contributed by atoms with van der Waals surface area (Å²) < 4.78 is 16.9. The number of esters is 3. The Bertz CT molecular complexity index is 1680. The molecule has 0 aliphatic rings. The summed E-state index contributed by atoms with van der Waals surface area (Å²) in [6.45, 7) is 6.39. The van der Waals surface area contributed by atoms with E-state index in [0.717, 1.165) is 122 Å². The number of rotatable bonds is 58. The molecule has 1 atom stereocenters. The van der Waals surface area contributed by atoms with E-state index in [0.29, 0.717) is 19.3 Å². The van der Waals surface area contributed by atoms with Gasteiger partial charge in [0.2, 0.25) is 0 Å². The van der Waals surface area contributed by atoms with Crippen molar-refractivity contribution in [3.8, 4) is 0 Å². The maximum absolute atomic E-state index is 12.9. The van der Waals surface area contributed by atoms with Crippen LogP contribution in [0.4, 0.5) is 0 Å². The maximum Gasteiger partial charge on any atom is 0.306 e. The Morgan fingerprint density at radius 2 is 0.494 bits per heavy atom. The molecule has 0 heterocycles. The van der Waals surface area contributed by atoms with E-state index in [4.69, 9.17) is 14.2 Å². The van der Waals surface area contributed by atoms with Crippen LogP contribution in [0.3, 0.4) is 0 Å². The zero-order valence-corrected chi connectivity index (χ0v) is 51.3. The van der Waals surface area contributed by atoms with Gasteiger partial charge >= 0.3 is 17.9 Å². The van der Waals surface area contributed by atoms with Gasteiger partial charge in [-0.05, 0) is 116 Å². The molecule has 0 saturated heterocycles. The van der Waals surface area contributed by atoms with Gasteiger partial charge in [-0.3, -0.25) is 14.4 Å². The molecule has 448 valence electrons. The third kappa shape index (κ3) is 64.3. The SMILES string of the molecule is CC/C=C\C/C=C\C/C=C\C/C=C\C/C=C\C/C=C\CCCCC(=O)OC(COC(=O)CCCCCCCCCCCCC/C=C\C/C=C\C/C=C\C/C=C\C/C=C\CC)COC(=O)CCCCCCCCCCCCCCC. The molecule has 0 aliphatic carbocycles. The molecule has 0 bridgehead atoms. The second-order valence-corrected chi connectivity index (χ2v) is 21.3. The quantitative estimate of drug-likeness (QED) is 0.0261. The summed E-state index contributed by atoms with van der Waals surface area (Å²) in [6, 6.07) is 0. The van der Waals surface area contributed by atoms with Crippen LogP contribution in [0.5, 0.6) is 0 Å². The lowest BCUT2D eigenvalue weighted by atomic mass is 10.0. The molecular formula is C73H120O6. The highest BCUT2D eigenvalue weighted by Gasteiger charge is 2.19. The van der Waals surface area contributed by atoms with Gasteiger partial charge in [-0.25, -0.2) is 0 Å². The molecule has 0 aliphatic heterocycles. The number of hydrogen-bond donors (Lipinski definition) is 0. The first-order chi connectivity index (χ1) is 39.0. The number of unbranched alkanes of at least 4 members (excludes halogenated alkanes) is 25. The molecule has 1 unspecified atom stereocenters. The van der Waals surface area contributed by atoms with E-state index in [2.05, 4.69) is 154 Å². The molecule has 0 amide bonds. The molecule has 0 fully saturated rings. The van der Waals surface area contributed by atoms with Gasteiger partial charge < -0.3 is 14.2 Å². The van der Waals surface area contributed by atoms with Crippen molar-refractivity contribution >= 4 is 17.9 Å². The van der Waals surface area contributed by atoms with E-state index < -0.39 is 6.10 Å². The Morgan fingerprint density at radius 1 is 0.266 bits per heavy atom. The van der Waals surface area contributed by atoms with Gasteiger partial charge in [0.1, 0.15) is 13.2 Å². The summed E-state index contributed by atoms with van der Waals surface area (Å²) in [7, 11) is 0. The minimum Gasteiger partial charge on any atom is -0.462 e. The van der Waals surface area contributed by atoms with Crippen LogP contribution in [0.2, 0.25) is 0 Å². The Balaban J connectivity index is 4.39. The van der Waals surface area contributed by atoms with Crippen molar-refractivity contribution in [3.63, 3.8) is 0 Å². The molecule has 0 saturated carbocycles. The van der Waals surface area contributed by atoms with Gasteiger partial charge in [-0.1, -0.05) is 289 Å². The highest BCUT2D eigenvalue weighted by atomic mass is 16.6. The zero-order chi connectivity index (χ0) is 57.1. The second-order valence-electron chi connectivity index (χ2n) is 21.3. The third-order valence-corrected chi connectivity index (χ3v) is 13.7. The number of ether oxygens (including phenoxy) is 3. The number of carbonyl (C=O) groups excluding carboxylic acids is 3. The van der Waals surface area contributed by atoms with E-state index in [9.17, 15) is 14.4 Å². The predicted octanol–water partition coefficient (Wildman–Crippen LogP) is 22.5. The van der Waals surface area contributed by atoms with Crippen LogP contribution in [0.25, 0.3) is 0 Å². The van der Waals surface area contributed by atoms with Gasteiger partial charge in [0, 0.05) is 19.3 Å². The fourth-order valence-electron chi connectivity index (χ4n) is 8.83. The van der Waals surface area contributed by atoms with Crippen molar-refractivity contribution in [1.29, 1.82) is 0 Å². The zero-order valence-electron chi connectivity index (χ0n) is 51.3. The number of hydrogen-bond acceptors (Lipinski definition) is 6. The summed E-state index contributed by atoms with van der Waals surface area (Å²) in [6.07, 6.45) is 93.2. The maximum atomic E-state index is 12.9. The molecule has 0 spiro atoms. The fourth-order valence-corrected chi connectivity index (χ4v) is 8.83. The molecule has 6 nitrogen and oxygen atoms in total. The van der Waals surface area contributed by atoms with Crippen molar-refractivity contribution in [1.82, 2.24) is 0 Å². The molecule has 79 heavy (non-hydrogen) atoms. The standard InChI is InChI=1S/C73H120O6/c1-4-7-10-13-16-19-22-25-27-29-31-33-34-35-36-37-38-40-41-43-45-48-51-54-57-60-63-66-72(75)78-69-70(68-77-71(74)65-62-59-56-53-50-47-24-21-18-15-12-9-6-3)79-73(76)67-64-61-58-55-52-49-46-44-42-39-32-30-28-26-23-20-17-14-11-8-5-2/h7-8,10-11,16-17,19-20,25-28,31-33,35-36,39,44,46,52,55,70H,4-6,9,12-15,18,21-24,29-30,34,37-38,40-43,45,47-51,53-54,56-69H2,1-3H3/b10-7-,11-8-,19-16-,20-17-,27-25-,28-26-,33-31-,36-35-,39-32-,46-44-,55-52-. The van der Waals surface area contributed by atoms with Gasteiger partial charge in [-0.2, -0.15) is 0 Å². The first-order valence-corrected chi connectivity index (χ1v) is 32.7. The minimum atomic E-state index is -0.806. The molecule has 0 radical (unpaired) electrons. The smallest absolute Gasteiger partial charge is 0.306 e. The van der Waals surface area contributed by atoms with Crippen LogP contribution in [-0.2, 0) is 28.6 Å². The molecule has 0 aromatic carbocycles. The van der Waals surface area contributed by atoms with E-state index in [1.165, 1.54) is 122 Å². The predicted molar refractivity (Wildman–Crippen MR) is 343 cm³/mol. The van der Waals surface area contributed by atoms with Crippen LogP contribution >= 0.6 is 0 Å². The second kappa shape index (κ2) is 66.1. The monoisotopic (exact) mass is 1090 g/mol. The van der Waals surface area contributed by atoms with Crippen molar-refractivity contribution in [2.24, 2.45) is 0 Å². The average molecular weight is 1090 g/mol. The topological polar surface area (TPSA) is 78.9 Å². The Kier molecular flexibility index (Phi) is 62.3. The molecule has 0 N–H and O–H groups in total. The Morgan fingerprint density at radius 3 is 0.797 bits per heavy atom. The van der Waals surface area contributed by atoms with Crippen molar-refractivity contribution < 1.29 is 28.6 Å². The van der Waals surface area contributed by atoms with Gasteiger partial charge in [0.05, 0.1) is 0 Å². The Hall–Kier alpha value is -4.45. The van der Waals surface area contributed by atoms with Crippen LogP contribution in [0.1, 0.15) is 290 Å². The van der Waals surface area contributed by atoms with E-state index >= 15 is 0 Å². The lowest BCUT2D eigenvalue weighted by Gasteiger charge is -2.18. The van der Waals surface area contributed by atoms with Gasteiger partial charge in [-0.15, -0.1) is 0 Å². The van der Waals surface area contributed by atoms with Crippen molar-refractivity contribution in [2.45, 2.75) is 297 Å². The third-order valence-electron chi connectivity index (χ3n) is 13.7. The highest BCUT2D eigenvalue weighted by Crippen LogP contribution is 2.16. The van der Waals surface area contributed by atoms with Gasteiger partial charge in [0.15, 0.2) is 6.10 Å². The van der Waals surface area contributed by atoms with Crippen LogP contribution in [0.15, 0.2) is 134 Å². The summed E-state index contributed by atoms with van der Waals surface area (Å²) in [5, 5.41) is 0. The van der Waals surface area contributed by atoms with Gasteiger partial charge in [0.25, 0.3) is 0 Å². The van der Waals surface area contributed by atoms with Crippen molar-refractivity contribution in [3.05, 3.63) is 134 Å². The summed E-state index contributed by atoms with van der Waals surface area (Å²) in [5.74, 6) is -0.939. The number of carbonyl (C=O) groups is 3. The van der Waals surface area contributed by atoms with Crippen LogP contribution in [0, 0.1) is 0 Å². The number of allylic oxidation sites excluding steroid dienone is 22. The normalized spacial score (nSPS) is 13.0. The van der Waals surface area contributed by atoms with Crippen LogP contribution in [-0.4, -0.2) is 37.2 Å². The molecule has 0 aromatic rings. The first-order valence-electron chi connectivity index (χ1n) is 32.7. The molecule has 6 heteroatoms. The first kappa shape index (κ1) is 74.5. The average Bonchev–Trinajstić information content (AvgIpc) is 3.45. The highest BCUT2D eigenvalue weighted by molar-refractivity contribution is 5.71. The lowest BCUT2D eigenvalue weighted by molar-refractivity contribution is -0.167. The summed E-state index contributed by atoms with van der Waals surface area (Å²) in [5.41, 5.74) is 0. The lowest BCUT2D eigenvalue weighted by Crippen LogP contribution is -2.30. The van der Waals surface area contributed by atoms with E-state index in [-0.39, 0.29) is 37.5 Å². The largest absolute Gasteiger partial charge is 0.462 e. The van der Waals surface area contributed by atoms with Crippen molar-refractivity contribution in [2.75, 3.05) is 13.2 Å². The van der Waals surface area contributed by atoms with E-state index in [1.807, 2.05) is 0 Å². The Labute approximate surface area is 487 Å². The molecule has 0 rings (SSSR count). The molecular weight excluding hydrogens is 973 g/mol. The fraction of sp³-hybridized carbons (Fsp3) is 0.658. The van der Waals surface area contributed by atoms with E-state index in [1.54, 1.807) is 0 Å². The minimum absolute atomic E-state index is 0.0973.